The van der Waals surface area contributed by atoms with Crippen LogP contribution in [0.3, 0.4) is 0 Å². The molecule has 0 atom stereocenters. The largest absolute Gasteiger partial charge is 0.456 e. The van der Waals surface area contributed by atoms with E-state index in [1.165, 1.54) is 217 Å². The third-order valence-electron chi connectivity index (χ3n) is 27.7. The van der Waals surface area contributed by atoms with Crippen LogP contribution in [0, 0.1) is 13.8 Å². The van der Waals surface area contributed by atoms with Gasteiger partial charge in [-0.3, -0.25) is 0 Å². The Hall–Kier alpha value is -10.6. The van der Waals surface area contributed by atoms with Gasteiger partial charge < -0.3 is 27.6 Å². The molecule has 110 heavy (non-hydrogen) atoms. The summed E-state index contributed by atoms with van der Waals surface area (Å²) in [5, 5.41) is 16.3. The molecule has 0 amide bonds. The Morgan fingerprint density at radius 2 is 0.891 bits per heavy atom. The number of aryl methyl sites for hydroxylation is 2. The smallest absolute Gasteiger partial charge is 0.335 e. The normalized spacial score (nSPS) is 16.7. The van der Waals surface area contributed by atoms with Crippen LogP contribution in [0.4, 0.5) is 32.8 Å². The Labute approximate surface area is 652 Å². The third-order valence-corrected chi connectivity index (χ3v) is 32.3. The molecular weight excluding hydrogens is 1410 g/mol. The van der Waals surface area contributed by atoms with Crippen molar-refractivity contribution in [2.75, 3.05) is 9.80 Å². The Kier molecular flexibility index (Phi) is 11.6. The highest BCUT2D eigenvalue weighted by Crippen LogP contribution is 2.60. The van der Waals surface area contributed by atoms with E-state index < -0.39 is 0 Å². The zero-order valence-corrected chi connectivity index (χ0v) is 66.1. The van der Waals surface area contributed by atoms with E-state index in [2.05, 4.69) is 294 Å². The Morgan fingerprint density at radius 1 is 0.345 bits per heavy atom. The minimum absolute atomic E-state index is 0.0104. The molecule has 12 aromatic carbocycles. The molecule has 0 bridgehead atoms. The van der Waals surface area contributed by atoms with Crippen molar-refractivity contribution >= 4 is 240 Å². The zero-order chi connectivity index (χ0) is 73.1. The average molecular weight is 1490 g/mol. The lowest BCUT2D eigenvalue weighted by Gasteiger charge is -2.44. The average Bonchev–Trinajstić information content (AvgIpc) is 1.47. The fourth-order valence-electron chi connectivity index (χ4n) is 22.1. The van der Waals surface area contributed by atoms with Crippen LogP contribution in [0.2, 0.25) is 0 Å². The maximum Gasteiger partial charge on any atom is 0.335 e. The molecule has 8 aromatic heterocycles. The maximum absolute atomic E-state index is 7.74. The van der Waals surface area contributed by atoms with Crippen molar-refractivity contribution in [1.82, 2.24) is 8.96 Å². The molecule has 6 nitrogen and oxygen atoms in total. The summed E-state index contributed by atoms with van der Waals surface area (Å²) in [5.74, 6) is 0. The lowest BCUT2D eigenvalue weighted by Crippen LogP contribution is -2.56. The molecular formula is C98H72B2N4O2S4. The minimum atomic E-state index is -0.143. The van der Waals surface area contributed by atoms with Gasteiger partial charge in [0.25, 0.3) is 0 Å². The van der Waals surface area contributed by atoms with E-state index in [1.807, 2.05) is 45.3 Å². The van der Waals surface area contributed by atoms with Crippen LogP contribution in [0.1, 0.15) is 114 Å². The molecule has 20 aromatic rings. The molecule has 0 spiro atoms. The standard InChI is InChI=1S/C98H72B2N4O2S4/c1-49-41-65-67(97(7,8)39-37-95(65,3)4)47-69(49)101-71-45-64-53-35-33-51(43-73(53)106-90(64)81-61-27-20-26-60-79-56-22-12-16-30-75(56)108-92(79)104(87(60)61)100(85(71)81)83-57-23-13-17-31-76(57)109-93(83)101)52-34-36-59-78(44-52)107-91-62-28-19-25-54-63-46-74-80(55-21-11-15-29-72(55)105-74)89-82(63)99(103(86(54)62)88(59)91)84-58-24-14-18-32-77(58)110-94(84)102(89)70-48-68-66(42-50(70)2)96(5,6)38-40-98(68,9)10/h11-36,41-48H,37-40H2,1-10H3. The number of furan rings is 2. The molecule has 526 valence electrons. The van der Waals surface area contributed by atoms with Crippen molar-refractivity contribution in [1.29, 1.82) is 0 Å². The van der Waals surface area contributed by atoms with Gasteiger partial charge in [0.15, 0.2) is 0 Å². The number of anilines is 6. The molecule has 0 saturated carbocycles. The molecule has 12 heteroatoms. The van der Waals surface area contributed by atoms with Gasteiger partial charge in [-0.05, 0) is 211 Å². The first-order valence-electron chi connectivity index (χ1n) is 39.3. The molecule has 0 unspecified atom stereocenters. The zero-order valence-electron chi connectivity index (χ0n) is 62.9. The lowest BCUT2D eigenvalue weighted by molar-refractivity contribution is 0.332. The number of thiophene rings is 4. The lowest BCUT2D eigenvalue weighted by atomic mass is 9.45. The number of aromatic nitrogens is 2. The van der Waals surface area contributed by atoms with Crippen molar-refractivity contribution < 1.29 is 8.83 Å². The van der Waals surface area contributed by atoms with Crippen LogP contribution in [0.15, 0.2) is 215 Å². The maximum atomic E-state index is 7.74. The second kappa shape index (κ2) is 20.5. The highest BCUT2D eigenvalue weighted by atomic mass is 32.1. The number of fused-ring (bicyclic) bond motifs is 32. The van der Waals surface area contributed by atoms with E-state index in [0.29, 0.717) is 0 Å². The van der Waals surface area contributed by atoms with E-state index in [-0.39, 0.29) is 35.4 Å². The van der Waals surface area contributed by atoms with Gasteiger partial charge in [0, 0.05) is 95.3 Å². The summed E-state index contributed by atoms with van der Waals surface area (Å²) in [7, 11) is 0. The van der Waals surface area contributed by atoms with Gasteiger partial charge in [-0.1, -0.05) is 195 Å². The van der Waals surface area contributed by atoms with Crippen LogP contribution >= 0.6 is 45.3 Å². The predicted octanol–water partition coefficient (Wildman–Crippen LogP) is 26.4. The SMILES string of the molecule is Cc1cc2c(cc1N1c3cc4c(oc5cc(-c6ccc7c(c6)sc6c8cccc9c8n(c76)B6c7c-9cc8oc9ccccc9c8c7N(c7cc8c(cc7C)C(C)(C)CCC8(C)C)c7sc8ccccc8c76)ccc54)c4c3B(c3c1sc1ccccc31)n1c3sc5ccccc5c3c3cccc-4c31)C(C)(C)CCC2(C)C. The number of para-hydroxylation sites is 3. The van der Waals surface area contributed by atoms with Crippen LogP contribution in [-0.2, 0) is 21.7 Å². The predicted molar refractivity (Wildman–Crippen MR) is 475 cm³/mol. The monoisotopic (exact) mass is 1490 g/mol. The van der Waals surface area contributed by atoms with Crippen molar-refractivity contribution in [3.05, 3.63) is 240 Å². The summed E-state index contributed by atoms with van der Waals surface area (Å²) in [4.78, 5) is 6.75. The van der Waals surface area contributed by atoms with Crippen molar-refractivity contribution in [3.63, 3.8) is 0 Å². The first-order chi connectivity index (χ1) is 53.4. The quantitative estimate of drug-likeness (QED) is 0.165. The topological polar surface area (TPSA) is 42.6 Å². The highest BCUT2D eigenvalue weighted by molar-refractivity contribution is 7.28. The number of hydrogen-bond acceptors (Lipinski definition) is 8. The van der Waals surface area contributed by atoms with E-state index in [1.54, 1.807) is 0 Å². The summed E-state index contributed by atoms with van der Waals surface area (Å²) >= 11 is 7.79. The highest BCUT2D eigenvalue weighted by Gasteiger charge is 2.51. The number of hydrogen-bond donors (Lipinski definition) is 0. The van der Waals surface area contributed by atoms with Crippen LogP contribution in [0.5, 0.6) is 0 Å². The summed E-state index contributed by atoms with van der Waals surface area (Å²) in [6, 6.07) is 80.2. The van der Waals surface area contributed by atoms with Gasteiger partial charge in [-0.25, -0.2) is 0 Å². The number of nitrogens with zero attached hydrogens (tertiary/aromatic N) is 4. The van der Waals surface area contributed by atoms with E-state index >= 15 is 0 Å². The Morgan fingerprint density at radius 3 is 1.57 bits per heavy atom. The van der Waals surface area contributed by atoms with Crippen molar-refractivity contribution in [3.8, 4) is 33.4 Å². The molecule has 0 saturated heterocycles. The van der Waals surface area contributed by atoms with E-state index in [0.717, 1.165) is 56.9 Å². The van der Waals surface area contributed by atoms with Crippen LogP contribution in [-0.4, -0.2) is 22.7 Å². The fourth-order valence-corrected chi connectivity index (χ4v) is 27.1. The van der Waals surface area contributed by atoms with Crippen LogP contribution in [0.25, 0.3) is 160 Å². The van der Waals surface area contributed by atoms with Gasteiger partial charge >= 0.3 is 13.7 Å². The summed E-state index contributed by atoms with van der Waals surface area (Å²) in [5.41, 5.74) is 33.9. The Balaban J connectivity index is 0.694. The molecule has 2 aliphatic carbocycles. The summed E-state index contributed by atoms with van der Waals surface area (Å²) < 4.78 is 26.9. The molecule has 4 aliphatic heterocycles. The first-order valence-corrected chi connectivity index (χ1v) is 42.5. The first kappa shape index (κ1) is 62.2. The molecule has 26 rings (SSSR count). The van der Waals surface area contributed by atoms with Crippen LogP contribution < -0.4 is 31.7 Å². The second-order valence-corrected chi connectivity index (χ2v) is 39.6. The minimum Gasteiger partial charge on any atom is -0.456 e. The van der Waals surface area contributed by atoms with E-state index in [4.69, 9.17) is 8.83 Å². The van der Waals surface area contributed by atoms with Gasteiger partial charge in [0.2, 0.25) is 0 Å². The number of rotatable bonds is 3. The van der Waals surface area contributed by atoms with Gasteiger partial charge in [-0.2, -0.15) is 0 Å². The molecule has 0 radical (unpaired) electrons. The van der Waals surface area contributed by atoms with Crippen molar-refractivity contribution in [2.24, 2.45) is 0 Å². The fraction of sp³-hybridized carbons (Fsp3) is 0.184. The van der Waals surface area contributed by atoms with Gasteiger partial charge in [-0.15, -0.1) is 45.3 Å². The molecule has 12 heterocycles. The molecule has 0 fully saturated rings. The van der Waals surface area contributed by atoms with Gasteiger partial charge in [0.05, 0.1) is 47.5 Å². The second-order valence-electron chi connectivity index (χ2n) is 35.5. The number of benzene rings is 12. The Bertz CT molecular complexity index is 7760. The molecule has 0 N–H and O–H groups in total. The third kappa shape index (κ3) is 7.59. The van der Waals surface area contributed by atoms with E-state index in [9.17, 15) is 0 Å². The molecule has 6 aliphatic rings. The summed E-state index contributed by atoms with van der Waals surface area (Å²) in [6.45, 7) is 24.2. The van der Waals surface area contributed by atoms with Gasteiger partial charge in [0.1, 0.15) is 22.3 Å². The summed E-state index contributed by atoms with van der Waals surface area (Å²) in [6.07, 6.45) is 4.62. The van der Waals surface area contributed by atoms with Crippen molar-refractivity contribution in [2.45, 2.75) is 117 Å².